The lowest BCUT2D eigenvalue weighted by molar-refractivity contribution is 0.144. The first-order chi connectivity index (χ1) is 8.43. The molecule has 3 rings (SSSR count). The van der Waals surface area contributed by atoms with Crippen molar-refractivity contribution in [1.82, 2.24) is 9.97 Å². The fourth-order valence-corrected chi connectivity index (χ4v) is 2.88. The first kappa shape index (κ1) is 10.9. The highest BCUT2D eigenvalue weighted by Gasteiger charge is 2.14. The van der Waals surface area contributed by atoms with Gasteiger partial charge >= 0.3 is 0 Å². The summed E-state index contributed by atoms with van der Waals surface area (Å²) in [5.74, 6) is 0.961. The molecule has 0 radical (unpaired) electrons. The van der Waals surface area contributed by atoms with Crippen LogP contribution in [0, 0.1) is 0 Å². The second kappa shape index (κ2) is 4.98. The summed E-state index contributed by atoms with van der Waals surface area (Å²) in [7, 11) is 0. The summed E-state index contributed by atoms with van der Waals surface area (Å²) in [6.07, 6.45) is 4.95. The van der Waals surface area contributed by atoms with Gasteiger partial charge in [0.05, 0.1) is 5.39 Å². The van der Waals surface area contributed by atoms with Gasteiger partial charge in [-0.1, -0.05) is 0 Å². The number of aromatic nitrogens is 2. The summed E-state index contributed by atoms with van der Waals surface area (Å²) >= 11 is 1.65. The molecule has 17 heavy (non-hydrogen) atoms. The maximum absolute atomic E-state index is 5.46. The molecule has 0 saturated carbocycles. The first-order valence-electron chi connectivity index (χ1n) is 5.96. The third-order valence-electron chi connectivity index (χ3n) is 3.05. The van der Waals surface area contributed by atoms with Gasteiger partial charge in [0.25, 0.3) is 0 Å². The van der Waals surface area contributed by atoms with Gasteiger partial charge in [0.2, 0.25) is 0 Å². The molecule has 1 fully saturated rings. The van der Waals surface area contributed by atoms with Gasteiger partial charge in [0.15, 0.2) is 0 Å². The van der Waals surface area contributed by atoms with Gasteiger partial charge in [-0.2, -0.15) is 0 Å². The van der Waals surface area contributed by atoms with E-state index in [1.165, 1.54) is 0 Å². The maximum Gasteiger partial charge on any atom is 0.138 e. The number of thiophene rings is 1. The van der Waals surface area contributed by atoms with E-state index in [9.17, 15) is 0 Å². The summed E-state index contributed by atoms with van der Waals surface area (Å²) in [5.41, 5.74) is 0. The number of hydrogen-bond donors (Lipinski definition) is 1. The number of nitrogens with zero attached hydrogens (tertiary/aromatic N) is 2. The third-order valence-corrected chi connectivity index (χ3v) is 3.88. The fraction of sp³-hybridized carbons (Fsp3) is 0.500. The highest BCUT2D eigenvalue weighted by atomic mass is 32.1. The number of fused-ring (bicyclic) bond motifs is 1. The zero-order chi connectivity index (χ0) is 11.5. The average molecular weight is 249 g/mol. The second-order valence-corrected chi connectivity index (χ2v) is 5.14. The van der Waals surface area contributed by atoms with Gasteiger partial charge < -0.3 is 10.1 Å². The van der Waals surface area contributed by atoms with Crippen LogP contribution in [-0.2, 0) is 4.74 Å². The number of ether oxygens (including phenoxy) is 1. The molecule has 0 spiro atoms. The Morgan fingerprint density at radius 1 is 1.29 bits per heavy atom. The molecule has 2 aromatic heterocycles. The molecular weight excluding hydrogens is 234 g/mol. The highest BCUT2D eigenvalue weighted by Crippen LogP contribution is 2.25. The predicted octanol–water partition coefficient (Wildman–Crippen LogP) is 2.67. The normalized spacial score (nSPS) is 21.3. The Hall–Kier alpha value is -1.20. The van der Waals surface area contributed by atoms with E-state index in [2.05, 4.69) is 26.7 Å². The fourth-order valence-electron chi connectivity index (χ4n) is 2.15. The van der Waals surface area contributed by atoms with Crippen molar-refractivity contribution >= 4 is 27.4 Å². The van der Waals surface area contributed by atoms with Crippen molar-refractivity contribution in [3.63, 3.8) is 0 Å². The first-order valence-corrected chi connectivity index (χ1v) is 6.84. The van der Waals surface area contributed by atoms with Crippen molar-refractivity contribution in [2.75, 3.05) is 18.5 Å². The van der Waals surface area contributed by atoms with Crippen LogP contribution < -0.4 is 5.32 Å². The van der Waals surface area contributed by atoms with E-state index in [0.29, 0.717) is 6.04 Å². The van der Waals surface area contributed by atoms with Crippen LogP contribution in [0.15, 0.2) is 17.8 Å². The van der Waals surface area contributed by atoms with Gasteiger partial charge in [-0.3, -0.25) is 0 Å². The molecule has 5 heteroatoms. The summed E-state index contributed by atoms with van der Waals surface area (Å²) in [6.45, 7) is 1.73. The van der Waals surface area contributed by atoms with Crippen molar-refractivity contribution in [1.29, 1.82) is 0 Å². The van der Waals surface area contributed by atoms with E-state index in [4.69, 9.17) is 4.74 Å². The van der Waals surface area contributed by atoms with Crippen LogP contribution in [0.1, 0.15) is 19.3 Å². The van der Waals surface area contributed by atoms with E-state index in [1.54, 1.807) is 17.7 Å². The van der Waals surface area contributed by atoms with Crippen LogP contribution in [0.25, 0.3) is 10.2 Å². The quantitative estimate of drug-likeness (QED) is 0.889. The predicted molar refractivity (Wildman–Crippen MR) is 69.5 cm³/mol. The molecule has 1 aliphatic heterocycles. The Bertz CT molecular complexity index is 491. The number of nitrogens with one attached hydrogen (secondary N) is 1. The molecule has 1 aliphatic rings. The molecule has 4 nitrogen and oxygen atoms in total. The van der Waals surface area contributed by atoms with Crippen molar-refractivity contribution in [2.45, 2.75) is 25.3 Å². The lowest BCUT2D eigenvalue weighted by atomic mass is 10.1. The Morgan fingerprint density at radius 3 is 3.29 bits per heavy atom. The summed E-state index contributed by atoms with van der Waals surface area (Å²) < 4.78 is 5.46. The van der Waals surface area contributed by atoms with E-state index in [0.717, 1.165) is 48.5 Å². The van der Waals surface area contributed by atoms with Crippen LogP contribution in [0.4, 0.5) is 5.82 Å². The third kappa shape index (κ3) is 2.40. The topological polar surface area (TPSA) is 47.0 Å². The Kier molecular flexibility index (Phi) is 3.20. The van der Waals surface area contributed by atoms with Gasteiger partial charge in [-0.25, -0.2) is 9.97 Å². The lowest BCUT2D eigenvalue weighted by Crippen LogP contribution is -2.20. The molecule has 3 heterocycles. The zero-order valence-corrected chi connectivity index (χ0v) is 10.4. The highest BCUT2D eigenvalue weighted by molar-refractivity contribution is 7.16. The Morgan fingerprint density at radius 2 is 2.29 bits per heavy atom. The van der Waals surface area contributed by atoms with E-state index in [1.807, 2.05) is 0 Å². The zero-order valence-electron chi connectivity index (χ0n) is 9.56. The standard InChI is InChI=1S/C12H15N3OS/c1-2-9(3-6-16-5-1)15-11-10-4-7-17-12(10)14-8-13-11/h4,7-9H,1-3,5-6H2,(H,13,14,15). The molecule has 1 saturated heterocycles. The molecule has 2 aromatic rings. The molecule has 90 valence electrons. The Balaban J connectivity index is 1.81. The van der Waals surface area contributed by atoms with Gasteiger partial charge in [0.1, 0.15) is 17.0 Å². The molecule has 0 bridgehead atoms. The minimum Gasteiger partial charge on any atom is -0.381 e. The number of hydrogen-bond acceptors (Lipinski definition) is 5. The summed E-state index contributed by atoms with van der Waals surface area (Å²) in [5, 5.41) is 6.71. The number of anilines is 1. The maximum atomic E-state index is 5.46. The molecule has 1 atom stereocenters. The molecule has 1 N–H and O–H groups in total. The minimum atomic E-state index is 0.468. The van der Waals surface area contributed by atoms with Crippen LogP contribution in [0.3, 0.4) is 0 Å². The molecule has 0 amide bonds. The lowest BCUT2D eigenvalue weighted by Gasteiger charge is -2.16. The van der Waals surface area contributed by atoms with Crippen LogP contribution in [-0.4, -0.2) is 29.2 Å². The Labute approximate surface area is 104 Å². The number of rotatable bonds is 2. The van der Waals surface area contributed by atoms with Crippen LogP contribution in [0.5, 0.6) is 0 Å². The van der Waals surface area contributed by atoms with Crippen LogP contribution in [0.2, 0.25) is 0 Å². The second-order valence-electron chi connectivity index (χ2n) is 4.25. The van der Waals surface area contributed by atoms with E-state index >= 15 is 0 Å². The van der Waals surface area contributed by atoms with Crippen molar-refractivity contribution < 1.29 is 4.74 Å². The van der Waals surface area contributed by atoms with E-state index < -0.39 is 0 Å². The van der Waals surface area contributed by atoms with E-state index in [-0.39, 0.29) is 0 Å². The monoisotopic (exact) mass is 249 g/mol. The van der Waals surface area contributed by atoms with Gasteiger partial charge in [-0.05, 0) is 30.7 Å². The summed E-state index contributed by atoms with van der Waals surface area (Å²) in [4.78, 5) is 9.65. The average Bonchev–Trinajstić information content (AvgIpc) is 2.69. The molecular formula is C12H15N3OS. The molecule has 0 aliphatic carbocycles. The van der Waals surface area contributed by atoms with Crippen molar-refractivity contribution in [3.8, 4) is 0 Å². The molecule has 0 aromatic carbocycles. The molecule has 1 unspecified atom stereocenters. The van der Waals surface area contributed by atoms with Gasteiger partial charge in [0, 0.05) is 19.3 Å². The smallest absolute Gasteiger partial charge is 0.138 e. The largest absolute Gasteiger partial charge is 0.381 e. The van der Waals surface area contributed by atoms with Gasteiger partial charge in [-0.15, -0.1) is 11.3 Å². The van der Waals surface area contributed by atoms with Crippen LogP contribution >= 0.6 is 11.3 Å². The minimum absolute atomic E-state index is 0.468. The summed E-state index contributed by atoms with van der Waals surface area (Å²) in [6, 6.07) is 2.55. The van der Waals surface area contributed by atoms with Crippen molar-refractivity contribution in [2.24, 2.45) is 0 Å². The SMILES string of the molecule is c1nc(NC2CCCOCC2)c2ccsc2n1. The van der Waals surface area contributed by atoms with Crippen molar-refractivity contribution in [3.05, 3.63) is 17.8 Å².